The van der Waals surface area contributed by atoms with Gasteiger partial charge in [0, 0.05) is 17.8 Å². The maximum Gasteiger partial charge on any atom is 0.358 e. The molecule has 33 heavy (non-hydrogen) atoms. The molecule has 1 aliphatic rings. The van der Waals surface area contributed by atoms with Gasteiger partial charge in [0.2, 0.25) is 0 Å². The molecule has 2 aromatic carbocycles. The lowest BCUT2D eigenvalue weighted by molar-refractivity contribution is 0.0519. The fourth-order valence-corrected chi connectivity index (χ4v) is 5.31. The van der Waals surface area contributed by atoms with E-state index in [1.807, 2.05) is 22.8 Å². The Balaban J connectivity index is 1.84. The SMILES string of the molecule is CCOC(=O)c1cn(C2(c3cc(Cl)ccc3CN)CCCC(c3ccc(F)c(Cl)c3)C2)cn1. The molecule has 1 fully saturated rings. The normalized spacial score (nSPS) is 20.6. The van der Waals surface area contributed by atoms with Crippen LogP contribution in [0.3, 0.4) is 0 Å². The number of aromatic nitrogens is 2. The highest BCUT2D eigenvalue weighted by molar-refractivity contribution is 6.31. The highest BCUT2D eigenvalue weighted by Gasteiger charge is 2.42. The minimum Gasteiger partial charge on any atom is -0.461 e. The van der Waals surface area contributed by atoms with Crippen LogP contribution < -0.4 is 5.73 Å². The lowest BCUT2D eigenvalue weighted by atomic mass is 9.68. The summed E-state index contributed by atoms with van der Waals surface area (Å²) in [7, 11) is 0. The number of hydrogen-bond acceptors (Lipinski definition) is 4. The van der Waals surface area contributed by atoms with Crippen molar-refractivity contribution in [1.29, 1.82) is 0 Å². The van der Waals surface area contributed by atoms with Gasteiger partial charge in [-0.2, -0.15) is 0 Å². The molecular formula is C25H26Cl2FN3O2. The number of rotatable bonds is 6. The summed E-state index contributed by atoms with van der Waals surface area (Å²) in [6.07, 6.45) is 6.75. The van der Waals surface area contributed by atoms with Crippen LogP contribution in [-0.2, 0) is 16.8 Å². The lowest BCUT2D eigenvalue weighted by Crippen LogP contribution is -2.40. The highest BCUT2D eigenvalue weighted by Crippen LogP contribution is 2.48. The summed E-state index contributed by atoms with van der Waals surface area (Å²) in [5.74, 6) is -0.777. The van der Waals surface area contributed by atoms with Crippen LogP contribution >= 0.6 is 23.2 Å². The van der Waals surface area contributed by atoms with Crippen molar-refractivity contribution in [3.8, 4) is 0 Å². The fourth-order valence-electron chi connectivity index (χ4n) is 4.95. The summed E-state index contributed by atoms with van der Waals surface area (Å²) in [6.45, 7) is 2.38. The van der Waals surface area contributed by atoms with Crippen LogP contribution in [0.15, 0.2) is 48.9 Å². The molecular weight excluding hydrogens is 464 g/mol. The molecule has 1 heterocycles. The zero-order chi connectivity index (χ0) is 23.6. The first-order valence-electron chi connectivity index (χ1n) is 11.0. The molecule has 0 radical (unpaired) electrons. The Morgan fingerprint density at radius 2 is 2.12 bits per heavy atom. The molecule has 2 unspecified atom stereocenters. The minimum atomic E-state index is -0.541. The molecule has 0 amide bonds. The van der Waals surface area contributed by atoms with E-state index in [9.17, 15) is 9.18 Å². The Hall–Kier alpha value is -2.41. The van der Waals surface area contributed by atoms with E-state index >= 15 is 0 Å². The van der Waals surface area contributed by atoms with Gasteiger partial charge in [-0.05, 0) is 73.1 Å². The summed E-state index contributed by atoms with van der Waals surface area (Å²) in [4.78, 5) is 16.7. The van der Waals surface area contributed by atoms with E-state index in [4.69, 9.17) is 33.7 Å². The predicted octanol–water partition coefficient (Wildman–Crippen LogP) is 6.07. The number of hydrogen-bond donors (Lipinski definition) is 1. The quantitative estimate of drug-likeness (QED) is 0.426. The van der Waals surface area contributed by atoms with E-state index < -0.39 is 17.3 Å². The lowest BCUT2D eigenvalue weighted by Gasteiger charge is -2.44. The van der Waals surface area contributed by atoms with Gasteiger partial charge in [-0.25, -0.2) is 14.2 Å². The Kier molecular flexibility index (Phi) is 7.07. The van der Waals surface area contributed by atoms with Crippen LogP contribution in [0.4, 0.5) is 4.39 Å². The van der Waals surface area contributed by atoms with Crippen LogP contribution in [0.2, 0.25) is 10.0 Å². The first-order valence-corrected chi connectivity index (χ1v) is 11.8. The summed E-state index contributed by atoms with van der Waals surface area (Å²) < 4.78 is 20.9. The summed E-state index contributed by atoms with van der Waals surface area (Å²) in [5.41, 5.74) is 8.79. The monoisotopic (exact) mass is 489 g/mol. The van der Waals surface area contributed by atoms with Crippen LogP contribution in [0.5, 0.6) is 0 Å². The molecule has 3 aromatic rings. The Morgan fingerprint density at radius 1 is 1.30 bits per heavy atom. The molecule has 0 saturated heterocycles. The smallest absolute Gasteiger partial charge is 0.358 e. The second-order valence-corrected chi connectivity index (χ2v) is 9.23. The van der Waals surface area contributed by atoms with Gasteiger partial charge in [0.05, 0.1) is 23.5 Å². The third kappa shape index (κ3) is 4.65. The maximum absolute atomic E-state index is 13.8. The van der Waals surface area contributed by atoms with Gasteiger partial charge in [0.15, 0.2) is 5.69 Å². The van der Waals surface area contributed by atoms with Crippen molar-refractivity contribution in [2.75, 3.05) is 6.61 Å². The highest BCUT2D eigenvalue weighted by atomic mass is 35.5. The Bertz CT molecular complexity index is 1170. The number of nitrogens with zero attached hydrogens (tertiary/aromatic N) is 2. The van der Waals surface area contributed by atoms with Crippen LogP contribution in [0.25, 0.3) is 0 Å². The molecule has 1 aliphatic carbocycles. The summed E-state index contributed by atoms with van der Waals surface area (Å²) in [6, 6.07) is 10.6. The van der Waals surface area contributed by atoms with Crippen molar-refractivity contribution in [3.05, 3.63) is 87.2 Å². The fraction of sp³-hybridized carbons (Fsp3) is 0.360. The second kappa shape index (κ2) is 9.84. The molecule has 2 atom stereocenters. The first kappa shape index (κ1) is 23.7. The number of carbonyl (C=O) groups excluding carboxylic acids is 1. The predicted molar refractivity (Wildman–Crippen MR) is 127 cm³/mol. The number of halogens is 3. The van der Waals surface area contributed by atoms with E-state index in [0.717, 1.165) is 36.0 Å². The average Bonchev–Trinajstić information content (AvgIpc) is 3.32. The van der Waals surface area contributed by atoms with Gasteiger partial charge in [0.25, 0.3) is 0 Å². The number of benzene rings is 2. The molecule has 1 saturated carbocycles. The van der Waals surface area contributed by atoms with Crippen LogP contribution in [-0.4, -0.2) is 22.1 Å². The van der Waals surface area contributed by atoms with Crippen LogP contribution in [0, 0.1) is 5.82 Å². The zero-order valence-electron chi connectivity index (χ0n) is 18.4. The van der Waals surface area contributed by atoms with E-state index in [1.54, 1.807) is 31.6 Å². The van der Waals surface area contributed by atoms with Crippen LogP contribution in [0.1, 0.15) is 65.7 Å². The van der Waals surface area contributed by atoms with E-state index in [0.29, 0.717) is 18.0 Å². The standard InChI is InChI=1S/C25H26Cl2FN3O2/c1-2-33-24(32)23-14-31(15-30-23)25(20-11-19(26)7-5-18(20)13-29)9-3-4-17(12-25)16-6-8-22(28)21(27)10-16/h5-8,10-11,14-15,17H,2-4,9,12-13,29H2,1H3. The maximum atomic E-state index is 13.8. The van der Waals surface area contributed by atoms with Gasteiger partial charge < -0.3 is 15.0 Å². The van der Waals surface area contributed by atoms with Gasteiger partial charge in [-0.1, -0.05) is 41.8 Å². The van der Waals surface area contributed by atoms with Gasteiger partial charge in [0.1, 0.15) is 5.82 Å². The van der Waals surface area contributed by atoms with Gasteiger partial charge in [-0.15, -0.1) is 0 Å². The van der Waals surface area contributed by atoms with E-state index in [-0.39, 0.29) is 23.2 Å². The number of imidazole rings is 1. The number of ether oxygens (including phenoxy) is 1. The largest absolute Gasteiger partial charge is 0.461 e. The topological polar surface area (TPSA) is 70.1 Å². The first-order chi connectivity index (χ1) is 15.9. The van der Waals surface area contributed by atoms with Crippen molar-refractivity contribution >= 4 is 29.2 Å². The van der Waals surface area contributed by atoms with Crippen molar-refractivity contribution in [3.63, 3.8) is 0 Å². The zero-order valence-corrected chi connectivity index (χ0v) is 19.9. The number of carbonyl (C=O) groups is 1. The van der Waals surface area contributed by atoms with E-state index in [1.165, 1.54) is 6.07 Å². The molecule has 0 aliphatic heterocycles. The average molecular weight is 490 g/mol. The van der Waals surface area contributed by atoms with E-state index in [2.05, 4.69) is 4.98 Å². The van der Waals surface area contributed by atoms with Gasteiger partial charge in [-0.3, -0.25) is 0 Å². The second-order valence-electron chi connectivity index (χ2n) is 8.39. The molecule has 1 aromatic heterocycles. The van der Waals surface area contributed by atoms with Crippen molar-refractivity contribution in [2.24, 2.45) is 5.73 Å². The van der Waals surface area contributed by atoms with Crippen molar-refractivity contribution < 1.29 is 13.9 Å². The molecule has 8 heteroatoms. The third-order valence-corrected chi connectivity index (χ3v) is 7.02. The van der Waals surface area contributed by atoms with Crippen molar-refractivity contribution in [2.45, 2.75) is 50.6 Å². The Labute approximate surface area is 202 Å². The van der Waals surface area contributed by atoms with Gasteiger partial charge >= 0.3 is 5.97 Å². The minimum absolute atomic E-state index is 0.112. The Morgan fingerprint density at radius 3 is 2.85 bits per heavy atom. The number of nitrogens with two attached hydrogens (primary N) is 1. The molecule has 2 N–H and O–H groups in total. The molecule has 0 spiro atoms. The summed E-state index contributed by atoms with van der Waals surface area (Å²) in [5, 5.41) is 0.723. The molecule has 4 rings (SSSR count). The summed E-state index contributed by atoms with van der Waals surface area (Å²) >= 11 is 12.5. The molecule has 174 valence electrons. The van der Waals surface area contributed by atoms with Crippen molar-refractivity contribution in [1.82, 2.24) is 9.55 Å². The molecule has 5 nitrogen and oxygen atoms in total. The third-order valence-electron chi connectivity index (χ3n) is 6.50. The number of esters is 1. The molecule has 0 bridgehead atoms.